The third-order valence-corrected chi connectivity index (χ3v) is 4.53. The van der Waals surface area contributed by atoms with E-state index in [4.69, 9.17) is 0 Å². The van der Waals surface area contributed by atoms with Crippen molar-refractivity contribution < 1.29 is 14.4 Å². The van der Waals surface area contributed by atoms with Gasteiger partial charge in [-0.3, -0.25) is 19.7 Å². The summed E-state index contributed by atoms with van der Waals surface area (Å²) in [4.78, 5) is 35.3. The number of amides is 3. The van der Waals surface area contributed by atoms with E-state index in [0.717, 1.165) is 37.2 Å². The fraction of sp³-hybridized carbons (Fsp3) is 0.471. The Morgan fingerprint density at radius 2 is 1.74 bits per heavy atom. The summed E-state index contributed by atoms with van der Waals surface area (Å²) in [5, 5.41) is 8.55. The predicted octanol–water partition coefficient (Wildman–Crippen LogP) is 1.14. The fourth-order valence-corrected chi connectivity index (χ4v) is 3.14. The van der Waals surface area contributed by atoms with Crippen molar-refractivity contribution in [3.8, 4) is 0 Å². The molecule has 2 saturated heterocycles. The Bertz CT molecular complexity index is 606. The molecular weight excluding hydrogens is 294 g/mol. The average Bonchev–Trinajstić information content (AvgIpc) is 2.57. The first-order valence-electron chi connectivity index (χ1n) is 8.09. The summed E-state index contributed by atoms with van der Waals surface area (Å²) in [6.45, 7) is 1.76. The molecule has 1 unspecified atom stereocenters. The van der Waals surface area contributed by atoms with Gasteiger partial charge in [-0.2, -0.15) is 0 Å². The molecule has 0 saturated carbocycles. The lowest BCUT2D eigenvalue weighted by atomic mass is 9.90. The summed E-state index contributed by atoms with van der Waals surface area (Å²) in [6.07, 6.45) is 2.62. The molecule has 1 aromatic rings. The fourth-order valence-electron chi connectivity index (χ4n) is 3.14. The quantitative estimate of drug-likeness (QED) is 0.730. The smallest absolute Gasteiger partial charge is 0.234 e. The second-order valence-corrected chi connectivity index (χ2v) is 6.14. The first kappa shape index (κ1) is 15.7. The number of rotatable bonds is 3. The van der Waals surface area contributed by atoms with E-state index in [1.54, 1.807) is 0 Å². The number of carbonyl (C=O) groups is 3. The van der Waals surface area contributed by atoms with Crippen molar-refractivity contribution >= 4 is 23.4 Å². The molecule has 3 amide bonds. The maximum Gasteiger partial charge on any atom is 0.234 e. The Morgan fingerprint density at radius 3 is 2.39 bits per heavy atom. The Kier molecular flexibility index (Phi) is 4.71. The van der Waals surface area contributed by atoms with E-state index in [9.17, 15) is 14.4 Å². The molecule has 0 bridgehead atoms. The molecule has 6 nitrogen and oxygen atoms in total. The standard InChI is InChI=1S/C17H21N3O3/c21-15-6-5-14(17(23)20-15)11-1-3-13(4-2-11)19-16(22)12-7-9-18-10-8-12/h1-4,12,14,18H,5-10H2,(H,19,22)(H,20,21,23). The Balaban J connectivity index is 1.61. The molecule has 0 spiro atoms. The molecule has 2 aliphatic heterocycles. The van der Waals surface area contributed by atoms with Crippen molar-refractivity contribution in [2.75, 3.05) is 18.4 Å². The van der Waals surface area contributed by atoms with Gasteiger partial charge in [-0.05, 0) is 50.0 Å². The van der Waals surface area contributed by atoms with Crippen LogP contribution in [0, 0.1) is 5.92 Å². The van der Waals surface area contributed by atoms with Crippen LogP contribution in [0.3, 0.4) is 0 Å². The molecule has 2 heterocycles. The lowest BCUT2D eigenvalue weighted by molar-refractivity contribution is -0.134. The van der Waals surface area contributed by atoms with Gasteiger partial charge in [0.2, 0.25) is 17.7 Å². The number of piperidine rings is 2. The first-order chi connectivity index (χ1) is 11.1. The van der Waals surface area contributed by atoms with Gasteiger partial charge in [0.05, 0.1) is 5.92 Å². The van der Waals surface area contributed by atoms with Crippen LogP contribution in [0.15, 0.2) is 24.3 Å². The van der Waals surface area contributed by atoms with Crippen molar-refractivity contribution in [3.05, 3.63) is 29.8 Å². The van der Waals surface area contributed by atoms with E-state index in [2.05, 4.69) is 16.0 Å². The molecule has 6 heteroatoms. The lowest BCUT2D eigenvalue weighted by Crippen LogP contribution is -2.39. The van der Waals surface area contributed by atoms with Gasteiger partial charge in [-0.15, -0.1) is 0 Å². The number of benzene rings is 1. The zero-order chi connectivity index (χ0) is 16.2. The second kappa shape index (κ2) is 6.91. The number of imide groups is 1. The Labute approximate surface area is 135 Å². The summed E-state index contributed by atoms with van der Waals surface area (Å²) in [5.74, 6) is -0.627. The maximum atomic E-state index is 12.2. The first-order valence-corrected chi connectivity index (χ1v) is 8.09. The van der Waals surface area contributed by atoms with Crippen molar-refractivity contribution in [3.63, 3.8) is 0 Å². The van der Waals surface area contributed by atoms with Gasteiger partial charge in [-0.1, -0.05) is 12.1 Å². The maximum absolute atomic E-state index is 12.2. The minimum Gasteiger partial charge on any atom is -0.326 e. The van der Waals surface area contributed by atoms with Crippen molar-refractivity contribution in [2.45, 2.75) is 31.6 Å². The normalized spacial score (nSPS) is 22.5. The topological polar surface area (TPSA) is 87.3 Å². The van der Waals surface area contributed by atoms with Crippen LogP contribution in [-0.4, -0.2) is 30.8 Å². The van der Waals surface area contributed by atoms with Crippen LogP contribution < -0.4 is 16.0 Å². The highest BCUT2D eigenvalue weighted by Gasteiger charge is 2.28. The summed E-state index contributed by atoms with van der Waals surface area (Å²) in [7, 11) is 0. The molecular formula is C17H21N3O3. The van der Waals surface area contributed by atoms with Crippen LogP contribution in [0.2, 0.25) is 0 Å². The number of hydrogen-bond donors (Lipinski definition) is 3. The van der Waals surface area contributed by atoms with Gasteiger partial charge in [0.25, 0.3) is 0 Å². The van der Waals surface area contributed by atoms with Crippen molar-refractivity contribution in [1.82, 2.24) is 10.6 Å². The van der Waals surface area contributed by atoms with Crippen LogP contribution in [0.5, 0.6) is 0 Å². The van der Waals surface area contributed by atoms with Crippen LogP contribution in [0.1, 0.15) is 37.2 Å². The molecule has 1 aromatic carbocycles. The highest BCUT2D eigenvalue weighted by molar-refractivity contribution is 6.01. The molecule has 3 N–H and O–H groups in total. The molecule has 0 aliphatic carbocycles. The van der Waals surface area contributed by atoms with Gasteiger partial charge in [0.15, 0.2) is 0 Å². The third-order valence-electron chi connectivity index (χ3n) is 4.53. The zero-order valence-corrected chi connectivity index (χ0v) is 12.9. The number of nitrogens with one attached hydrogen (secondary N) is 3. The van der Waals surface area contributed by atoms with Crippen LogP contribution in [-0.2, 0) is 14.4 Å². The van der Waals surface area contributed by atoms with E-state index in [0.29, 0.717) is 12.8 Å². The van der Waals surface area contributed by atoms with Gasteiger partial charge >= 0.3 is 0 Å². The molecule has 122 valence electrons. The van der Waals surface area contributed by atoms with E-state index in [1.807, 2.05) is 24.3 Å². The molecule has 0 aromatic heterocycles. The lowest BCUT2D eigenvalue weighted by Gasteiger charge is -2.22. The molecule has 1 atom stereocenters. The van der Waals surface area contributed by atoms with Gasteiger partial charge in [0.1, 0.15) is 0 Å². The van der Waals surface area contributed by atoms with Gasteiger partial charge in [-0.25, -0.2) is 0 Å². The van der Waals surface area contributed by atoms with E-state index in [1.165, 1.54) is 0 Å². The summed E-state index contributed by atoms with van der Waals surface area (Å²) in [5.41, 5.74) is 1.61. The highest BCUT2D eigenvalue weighted by atomic mass is 16.2. The van der Waals surface area contributed by atoms with Gasteiger partial charge in [0, 0.05) is 18.0 Å². The summed E-state index contributed by atoms with van der Waals surface area (Å²) < 4.78 is 0. The number of anilines is 1. The average molecular weight is 315 g/mol. The van der Waals surface area contributed by atoms with Gasteiger partial charge < -0.3 is 10.6 Å². The highest BCUT2D eigenvalue weighted by Crippen LogP contribution is 2.26. The van der Waals surface area contributed by atoms with E-state index in [-0.39, 0.29) is 29.6 Å². The molecule has 2 fully saturated rings. The summed E-state index contributed by atoms with van der Waals surface area (Å²) in [6, 6.07) is 7.33. The van der Waals surface area contributed by atoms with E-state index < -0.39 is 0 Å². The predicted molar refractivity (Wildman–Crippen MR) is 85.8 cm³/mol. The van der Waals surface area contributed by atoms with Crippen LogP contribution in [0.25, 0.3) is 0 Å². The van der Waals surface area contributed by atoms with Crippen LogP contribution in [0.4, 0.5) is 5.69 Å². The number of carbonyl (C=O) groups excluding carboxylic acids is 3. The third kappa shape index (κ3) is 3.76. The Morgan fingerprint density at radius 1 is 1.04 bits per heavy atom. The van der Waals surface area contributed by atoms with Crippen molar-refractivity contribution in [1.29, 1.82) is 0 Å². The van der Waals surface area contributed by atoms with Crippen molar-refractivity contribution in [2.24, 2.45) is 5.92 Å². The molecule has 0 radical (unpaired) electrons. The summed E-state index contributed by atoms with van der Waals surface area (Å²) >= 11 is 0. The molecule has 23 heavy (non-hydrogen) atoms. The number of hydrogen-bond acceptors (Lipinski definition) is 4. The molecule has 2 aliphatic rings. The van der Waals surface area contributed by atoms with E-state index >= 15 is 0 Å². The van der Waals surface area contributed by atoms with Crippen LogP contribution >= 0.6 is 0 Å². The second-order valence-electron chi connectivity index (χ2n) is 6.14. The largest absolute Gasteiger partial charge is 0.326 e. The monoisotopic (exact) mass is 315 g/mol. The zero-order valence-electron chi connectivity index (χ0n) is 12.9. The Hall–Kier alpha value is -2.21. The minimum atomic E-state index is -0.290. The molecule has 3 rings (SSSR count). The minimum absolute atomic E-state index is 0.0558. The SMILES string of the molecule is O=C1CCC(c2ccc(NC(=O)C3CCNCC3)cc2)C(=O)N1.